The van der Waals surface area contributed by atoms with Crippen molar-refractivity contribution >= 4 is 39.1 Å². The van der Waals surface area contributed by atoms with E-state index in [-0.39, 0.29) is 17.5 Å². The molecule has 6 heteroatoms. The lowest BCUT2D eigenvalue weighted by atomic mass is 10.1. The number of benzene rings is 1. The van der Waals surface area contributed by atoms with Crippen molar-refractivity contribution < 1.29 is 9.18 Å². The SMILES string of the molecule is O=C(Cc1cc(Br)ccc1F)Nc1cccnc1Cl. The molecule has 0 aliphatic carbocycles. The van der Waals surface area contributed by atoms with E-state index in [9.17, 15) is 9.18 Å². The van der Waals surface area contributed by atoms with Gasteiger partial charge in [-0.3, -0.25) is 4.79 Å². The number of carbonyl (C=O) groups is 1. The fraction of sp³-hybridized carbons (Fsp3) is 0.0769. The summed E-state index contributed by atoms with van der Waals surface area (Å²) in [7, 11) is 0. The van der Waals surface area contributed by atoms with Crippen LogP contribution in [0, 0.1) is 5.82 Å². The van der Waals surface area contributed by atoms with Crippen LogP contribution < -0.4 is 5.32 Å². The molecule has 0 bridgehead atoms. The molecule has 98 valence electrons. The molecule has 0 radical (unpaired) electrons. The molecule has 0 unspecified atom stereocenters. The van der Waals surface area contributed by atoms with Crippen LogP contribution in [0.2, 0.25) is 5.15 Å². The number of nitrogens with one attached hydrogen (secondary N) is 1. The van der Waals surface area contributed by atoms with Gasteiger partial charge in [-0.25, -0.2) is 9.37 Å². The van der Waals surface area contributed by atoms with E-state index in [2.05, 4.69) is 26.2 Å². The Balaban J connectivity index is 2.10. The predicted octanol–water partition coefficient (Wildman–Crippen LogP) is 3.82. The average Bonchev–Trinajstić information content (AvgIpc) is 2.37. The van der Waals surface area contributed by atoms with Gasteiger partial charge in [-0.05, 0) is 35.9 Å². The van der Waals surface area contributed by atoms with Crippen LogP contribution in [0.5, 0.6) is 0 Å². The van der Waals surface area contributed by atoms with E-state index in [0.717, 1.165) is 4.47 Å². The topological polar surface area (TPSA) is 42.0 Å². The number of hydrogen-bond acceptors (Lipinski definition) is 2. The number of halogens is 3. The molecule has 2 aromatic rings. The smallest absolute Gasteiger partial charge is 0.228 e. The van der Waals surface area contributed by atoms with E-state index >= 15 is 0 Å². The van der Waals surface area contributed by atoms with E-state index < -0.39 is 5.82 Å². The standard InChI is InChI=1S/C13H9BrClFN2O/c14-9-3-4-10(16)8(6-9)7-12(19)18-11-2-1-5-17-13(11)15/h1-6H,7H2,(H,18,19). The molecule has 0 atom stereocenters. The Morgan fingerprint density at radius 3 is 2.95 bits per heavy atom. The first-order valence-electron chi connectivity index (χ1n) is 5.40. The lowest BCUT2D eigenvalue weighted by Crippen LogP contribution is -2.15. The van der Waals surface area contributed by atoms with Gasteiger partial charge in [0, 0.05) is 10.7 Å². The van der Waals surface area contributed by atoms with Crippen LogP contribution in [-0.4, -0.2) is 10.9 Å². The second kappa shape index (κ2) is 6.12. The van der Waals surface area contributed by atoms with Crippen LogP contribution in [0.25, 0.3) is 0 Å². The summed E-state index contributed by atoms with van der Waals surface area (Å²) in [5.74, 6) is -0.775. The van der Waals surface area contributed by atoms with Crippen LogP contribution in [0.3, 0.4) is 0 Å². The minimum atomic E-state index is -0.421. The minimum absolute atomic E-state index is 0.0729. The maximum Gasteiger partial charge on any atom is 0.228 e. The quantitative estimate of drug-likeness (QED) is 0.861. The summed E-state index contributed by atoms with van der Waals surface area (Å²) in [6.45, 7) is 0. The Labute approximate surface area is 122 Å². The second-order valence-corrected chi connectivity index (χ2v) is 5.08. The largest absolute Gasteiger partial charge is 0.323 e. The monoisotopic (exact) mass is 342 g/mol. The van der Waals surface area contributed by atoms with Gasteiger partial charge in [-0.2, -0.15) is 0 Å². The first-order chi connectivity index (χ1) is 9.06. The molecule has 0 saturated carbocycles. The van der Waals surface area contributed by atoms with Crippen molar-refractivity contribution in [2.45, 2.75) is 6.42 Å². The Hall–Kier alpha value is -1.46. The van der Waals surface area contributed by atoms with Crippen LogP contribution in [0.4, 0.5) is 10.1 Å². The number of anilines is 1. The van der Waals surface area contributed by atoms with Gasteiger partial charge in [0.15, 0.2) is 5.15 Å². The number of amides is 1. The van der Waals surface area contributed by atoms with Crippen molar-refractivity contribution in [1.82, 2.24) is 4.98 Å². The van der Waals surface area contributed by atoms with E-state index in [1.165, 1.54) is 12.3 Å². The molecule has 0 fully saturated rings. The molecule has 0 saturated heterocycles. The molecule has 1 aromatic heterocycles. The van der Waals surface area contributed by atoms with Crippen LogP contribution in [0.15, 0.2) is 41.0 Å². The van der Waals surface area contributed by atoms with Gasteiger partial charge in [0.05, 0.1) is 12.1 Å². The van der Waals surface area contributed by atoms with E-state index in [4.69, 9.17) is 11.6 Å². The van der Waals surface area contributed by atoms with E-state index in [1.54, 1.807) is 24.3 Å². The number of pyridine rings is 1. The number of aromatic nitrogens is 1. The summed E-state index contributed by atoms with van der Waals surface area (Å²) in [5, 5.41) is 2.79. The number of rotatable bonds is 3. The van der Waals surface area contributed by atoms with Crippen molar-refractivity contribution in [2.75, 3.05) is 5.32 Å². The molecule has 3 nitrogen and oxygen atoms in total. The molecule has 0 spiro atoms. The van der Waals surface area contributed by atoms with Gasteiger partial charge in [-0.15, -0.1) is 0 Å². The van der Waals surface area contributed by atoms with Gasteiger partial charge in [0.1, 0.15) is 5.82 Å². The molecule has 19 heavy (non-hydrogen) atoms. The summed E-state index contributed by atoms with van der Waals surface area (Å²) in [5.41, 5.74) is 0.719. The molecular weight excluding hydrogens is 335 g/mol. The van der Waals surface area contributed by atoms with Gasteiger partial charge >= 0.3 is 0 Å². The van der Waals surface area contributed by atoms with Crippen molar-refractivity contribution in [3.05, 3.63) is 57.5 Å². The molecule has 0 aliphatic rings. The summed E-state index contributed by atoms with van der Waals surface area (Å²) >= 11 is 9.06. The Bertz CT molecular complexity index is 621. The van der Waals surface area contributed by atoms with Gasteiger partial charge in [-0.1, -0.05) is 27.5 Å². The highest BCUT2D eigenvalue weighted by Gasteiger charge is 2.10. The molecule has 1 N–H and O–H groups in total. The zero-order chi connectivity index (χ0) is 13.8. The first kappa shape index (κ1) is 14.0. The zero-order valence-corrected chi connectivity index (χ0v) is 12.0. The third-order valence-electron chi connectivity index (χ3n) is 2.39. The third-order valence-corrected chi connectivity index (χ3v) is 3.19. The Morgan fingerprint density at radius 2 is 2.21 bits per heavy atom. The molecule has 1 aromatic carbocycles. The predicted molar refractivity (Wildman–Crippen MR) is 75.7 cm³/mol. The molecule has 2 rings (SSSR count). The van der Waals surface area contributed by atoms with E-state index in [0.29, 0.717) is 11.3 Å². The maximum atomic E-state index is 13.5. The van der Waals surface area contributed by atoms with Gasteiger partial charge < -0.3 is 5.32 Å². The summed E-state index contributed by atoms with van der Waals surface area (Å²) < 4.78 is 14.2. The highest BCUT2D eigenvalue weighted by molar-refractivity contribution is 9.10. The second-order valence-electron chi connectivity index (χ2n) is 3.80. The van der Waals surface area contributed by atoms with Crippen molar-refractivity contribution in [1.29, 1.82) is 0 Å². The average molecular weight is 344 g/mol. The molecule has 0 aliphatic heterocycles. The fourth-order valence-corrected chi connectivity index (χ4v) is 2.10. The lowest BCUT2D eigenvalue weighted by Gasteiger charge is -2.07. The number of nitrogens with zero attached hydrogens (tertiary/aromatic N) is 1. The van der Waals surface area contributed by atoms with Crippen LogP contribution in [0.1, 0.15) is 5.56 Å². The molecular formula is C13H9BrClFN2O. The normalized spacial score (nSPS) is 10.3. The number of carbonyl (C=O) groups excluding carboxylic acids is 1. The fourth-order valence-electron chi connectivity index (χ4n) is 1.53. The third kappa shape index (κ3) is 3.75. The molecule has 1 heterocycles. The van der Waals surface area contributed by atoms with Crippen molar-refractivity contribution in [2.24, 2.45) is 0 Å². The van der Waals surface area contributed by atoms with Crippen LogP contribution in [-0.2, 0) is 11.2 Å². The van der Waals surface area contributed by atoms with E-state index in [1.807, 2.05) is 0 Å². The lowest BCUT2D eigenvalue weighted by molar-refractivity contribution is -0.115. The minimum Gasteiger partial charge on any atom is -0.323 e. The molecule has 1 amide bonds. The summed E-state index contributed by atoms with van der Waals surface area (Å²) in [6.07, 6.45) is 1.45. The number of hydrogen-bond donors (Lipinski definition) is 1. The van der Waals surface area contributed by atoms with Gasteiger partial charge in [0.25, 0.3) is 0 Å². The van der Waals surface area contributed by atoms with Crippen molar-refractivity contribution in [3.8, 4) is 0 Å². The van der Waals surface area contributed by atoms with Gasteiger partial charge in [0.2, 0.25) is 5.91 Å². The zero-order valence-electron chi connectivity index (χ0n) is 9.66. The summed E-state index contributed by atoms with van der Waals surface area (Å²) in [6, 6.07) is 7.74. The van der Waals surface area contributed by atoms with Crippen molar-refractivity contribution in [3.63, 3.8) is 0 Å². The highest BCUT2D eigenvalue weighted by atomic mass is 79.9. The first-order valence-corrected chi connectivity index (χ1v) is 6.57. The maximum absolute atomic E-state index is 13.5. The van der Waals surface area contributed by atoms with Crippen LogP contribution >= 0.6 is 27.5 Å². The summed E-state index contributed by atoms with van der Waals surface area (Å²) in [4.78, 5) is 15.7. The Morgan fingerprint density at radius 1 is 1.42 bits per heavy atom. The highest BCUT2D eigenvalue weighted by Crippen LogP contribution is 2.19. The Kier molecular flexibility index (Phi) is 4.50.